The molecule has 3 N–H and O–H groups in total. The van der Waals surface area contributed by atoms with Crippen molar-refractivity contribution in [1.29, 1.82) is 5.26 Å². The van der Waals surface area contributed by atoms with Crippen molar-refractivity contribution in [2.24, 2.45) is 0 Å². The van der Waals surface area contributed by atoms with E-state index in [0.29, 0.717) is 5.57 Å². The van der Waals surface area contributed by atoms with E-state index in [0.717, 1.165) is 0 Å². The fraction of sp³-hybridized carbons (Fsp3) is 0.538. The third-order valence-electron chi connectivity index (χ3n) is 8.59. The molecule has 0 saturated carbocycles. The maximum Gasteiger partial charge on any atom is 0.226 e. The van der Waals surface area contributed by atoms with Crippen LogP contribution in [0.25, 0.3) is 0 Å². The summed E-state index contributed by atoms with van der Waals surface area (Å²) in [4.78, 5) is 44.0. The normalized spacial score (nSPS) is 36.4. The van der Waals surface area contributed by atoms with Crippen molar-refractivity contribution in [3.05, 3.63) is 45.0 Å². The summed E-state index contributed by atoms with van der Waals surface area (Å²) in [6.07, 6.45) is -2.64. The Labute approximate surface area is 213 Å². The highest BCUT2D eigenvalue weighted by Gasteiger charge is 2.62. The van der Waals surface area contributed by atoms with Gasteiger partial charge >= 0.3 is 0 Å². The van der Waals surface area contributed by atoms with Crippen molar-refractivity contribution in [3.63, 3.8) is 0 Å². The van der Waals surface area contributed by atoms with E-state index in [9.17, 15) is 35.0 Å². The standard InChI is InChI=1S/C26H29N3O8/c1-9-20(31)11-6-12-18-16-17(21(32)10(2)26(37-5)24(16)35)22(33)19(28(18)3)13(7-27)29(12)14(8-30)15(11)23(34)25(9)36-4/h12-14,18-19,21,24,30,32,35H,6,8H2,1-5H3. The van der Waals surface area contributed by atoms with Gasteiger partial charge in [-0.25, -0.2) is 0 Å². The number of nitrogens with zero attached hydrogens (tertiary/aromatic N) is 3. The topological polar surface area (TPSA) is 161 Å². The SMILES string of the molecule is COC1=C(C)C(=O)C2=C(C1=O)C(CO)N1C(C#N)C3C(=O)C4=C(C(O)C(OC)=C(C)C4O)C(C1C2)N3C. The molecule has 37 heavy (non-hydrogen) atoms. The molecule has 11 nitrogen and oxygen atoms in total. The van der Waals surface area contributed by atoms with Crippen molar-refractivity contribution in [3.8, 4) is 6.07 Å². The Kier molecular flexibility index (Phi) is 6.01. The van der Waals surface area contributed by atoms with Gasteiger partial charge in [0.25, 0.3) is 0 Å². The smallest absolute Gasteiger partial charge is 0.226 e. The number of likely N-dealkylation sites (N-methyl/N-ethyl adjacent to an activating group) is 1. The summed E-state index contributed by atoms with van der Waals surface area (Å²) in [6, 6.07) is -2.40. The maximum absolute atomic E-state index is 13.8. The summed E-state index contributed by atoms with van der Waals surface area (Å²) >= 11 is 0. The fourth-order valence-electron chi connectivity index (χ4n) is 7.00. The summed E-state index contributed by atoms with van der Waals surface area (Å²) in [5.74, 6) is -1.42. The molecule has 3 heterocycles. The minimum Gasteiger partial charge on any atom is -0.498 e. The molecule has 0 aromatic heterocycles. The van der Waals surface area contributed by atoms with Crippen LogP contribution >= 0.6 is 0 Å². The van der Waals surface area contributed by atoms with E-state index in [2.05, 4.69) is 6.07 Å². The molecule has 1 fully saturated rings. The number of piperazine rings is 1. The Morgan fingerprint density at radius 2 is 1.70 bits per heavy atom. The molecule has 1 saturated heterocycles. The van der Waals surface area contributed by atoms with Crippen LogP contribution in [0.2, 0.25) is 0 Å². The van der Waals surface area contributed by atoms with Gasteiger partial charge in [0.05, 0.1) is 39.0 Å². The summed E-state index contributed by atoms with van der Waals surface area (Å²) in [5, 5.41) is 43.2. The number of rotatable bonds is 3. The van der Waals surface area contributed by atoms with Crippen molar-refractivity contribution in [2.75, 3.05) is 27.9 Å². The lowest BCUT2D eigenvalue weighted by atomic mass is 9.66. The molecule has 0 spiro atoms. The number of aliphatic hydroxyl groups excluding tert-OH is 3. The Morgan fingerprint density at radius 1 is 1.03 bits per heavy atom. The van der Waals surface area contributed by atoms with Crippen molar-refractivity contribution >= 4 is 17.3 Å². The van der Waals surface area contributed by atoms with Gasteiger partial charge < -0.3 is 24.8 Å². The first kappa shape index (κ1) is 25.5. The number of Topliss-reactive ketones (excluding diaryl/α,β-unsaturated/α-hetero) is 3. The molecule has 5 aliphatic rings. The second-order valence-electron chi connectivity index (χ2n) is 10.0. The number of hydrogen-bond donors (Lipinski definition) is 3. The van der Waals surface area contributed by atoms with Gasteiger partial charge in [0, 0.05) is 33.9 Å². The summed E-state index contributed by atoms with van der Waals surface area (Å²) in [5.41, 5.74) is 1.01. The third kappa shape index (κ3) is 3.08. The average molecular weight is 512 g/mol. The molecular weight excluding hydrogens is 482 g/mol. The Balaban J connectivity index is 1.74. The predicted molar refractivity (Wildman–Crippen MR) is 126 cm³/mol. The van der Waals surface area contributed by atoms with Crippen LogP contribution in [0.3, 0.4) is 0 Å². The van der Waals surface area contributed by atoms with Gasteiger partial charge in [-0.2, -0.15) is 5.26 Å². The van der Waals surface area contributed by atoms with Gasteiger partial charge in [-0.15, -0.1) is 0 Å². The summed E-state index contributed by atoms with van der Waals surface area (Å²) in [6.45, 7) is 2.49. The van der Waals surface area contributed by atoms with Crippen LogP contribution in [-0.4, -0.2) is 113 Å². The quantitative estimate of drug-likeness (QED) is 0.395. The van der Waals surface area contributed by atoms with E-state index >= 15 is 0 Å². The molecule has 7 atom stereocenters. The van der Waals surface area contributed by atoms with Gasteiger partial charge in [-0.1, -0.05) is 0 Å². The largest absolute Gasteiger partial charge is 0.498 e. The minimum absolute atomic E-state index is 0.0305. The average Bonchev–Trinajstić information content (AvgIpc) is 2.87. The zero-order valence-electron chi connectivity index (χ0n) is 21.2. The lowest BCUT2D eigenvalue weighted by Crippen LogP contribution is -2.76. The van der Waals surface area contributed by atoms with Crippen LogP contribution in [0.1, 0.15) is 20.3 Å². The summed E-state index contributed by atoms with van der Waals surface area (Å²) in [7, 11) is 4.32. The fourth-order valence-corrected chi connectivity index (χ4v) is 7.00. The Bertz CT molecular complexity index is 1300. The number of ether oxygens (including phenoxy) is 2. The molecule has 0 radical (unpaired) electrons. The highest BCUT2D eigenvalue weighted by molar-refractivity contribution is 6.25. The first-order valence-corrected chi connectivity index (χ1v) is 12.0. The van der Waals surface area contributed by atoms with Gasteiger partial charge in [-0.05, 0) is 32.9 Å². The lowest BCUT2D eigenvalue weighted by molar-refractivity contribution is -0.136. The molecule has 11 heteroatoms. The Morgan fingerprint density at radius 3 is 2.27 bits per heavy atom. The number of carbonyl (C=O) groups is 3. The van der Waals surface area contributed by atoms with Gasteiger partial charge in [-0.3, -0.25) is 24.2 Å². The van der Waals surface area contributed by atoms with E-state index in [1.165, 1.54) is 21.1 Å². The molecule has 0 amide bonds. The number of ketones is 3. The van der Waals surface area contributed by atoms with Gasteiger partial charge in [0.1, 0.15) is 30.1 Å². The molecule has 7 unspecified atom stereocenters. The third-order valence-corrected chi connectivity index (χ3v) is 8.59. The molecule has 196 valence electrons. The molecule has 5 rings (SSSR count). The first-order chi connectivity index (χ1) is 17.6. The Hall–Kier alpha value is -3.14. The van der Waals surface area contributed by atoms with Crippen LogP contribution in [0.15, 0.2) is 45.0 Å². The zero-order chi connectivity index (χ0) is 27.1. The molecular formula is C26H29N3O8. The van der Waals surface area contributed by atoms with Gasteiger partial charge in [0.15, 0.2) is 17.3 Å². The highest BCUT2D eigenvalue weighted by Crippen LogP contribution is 2.49. The molecule has 0 aromatic rings. The van der Waals surface area contributed by atoms with E-state index in [-0.39, 0.29) is 51.6 Å². The van der Waals surface area contributed by atoms with Crippen LogP contribution in [0.5, 0.6) is 0 Å². The number of hydrogen-bond acceptors (Lipinski definition) is 11. The van der Waals surface area contributed by atoms with E-state index in [1.807, 2.05) is 0 Å². The van der Waals surface area contributed by atoms with E-state index in [4.69, 9.17) is 9.47 Å². The molecule has 2 bridgehead atoms. The lowest BCUT2D eigenvalue weighted by Gasteiger charge is -2.60. The highest BCUT2D eigenvalue weighted by atomic mass is 16.5. The van der Waals surface area contributed by atoms with E-state index < -0.39 is 60.6 Å². The van der Waals surface area contributed by atoms with Crippen molar-refractivity contribution in [2.45, 2.75) is 62.7 Å². The number of allylic oxidation sites excluding steroid dienone is 2. The molecule has 3 aliphatic heterocycles. The summed E-state index contributed by atoms with van der Waals surface area (Å²) < 4.78 is 10.6. The number of aliphatic hydroxyl groups is 3. The number of nitriles is 1. The van der Waals surface area contributed by atoms with Crippen LogP contribution in [0.4, 0.5) is 0 Å². The first-order valence-electron chi connectivity index (χ1n) is 12.0. The minimum atomic E-state index is -1.34. The zero-order valence-corrected chi connectivity index (χ0v) is 21.2. The monoisotopic (exact) mass is 511 g/mol. The van der Waals surface area contributed by atoms with E-state index in [1.54, 1.807) is 23.8 Å². The van der Waals surface area contributed by atoms with Crippen LogP contribution in [0, 0.1) is 11.3 Å². The van der Waals surface area contributed by atoms with Crippen LogP contribution in [-0.2, 0) is 23.9 Å². The van der Waals surface area contributed by atoms with Crippen molar-refractivity contribution < 1.29 is 39.2 Å². The molecule has 0 aromatic carbocycles. The maximum atomic E-state index is 13.8. The predicted octanol–water partition coefficient (Wildman–Crippen LogP) is -1.10. The number of fused-ring (bicyclic) bond motifs is 5. The second kappa shape index (κ2) is 8.72. The number of methoxy groups -OCH3 is 2. The molecule has 2 aliphatic carbocycles. The second-order valence-corrected chi connectivity index (χ2v) is 10.0. The van der Waals surface area contributed by atoms with Crippen LogP contribution < -0.4 is 0 Å². The van der Waals surface area contributed by atoms with Gasteiger partial charge in [0.2, 0.25) is 5.78 Å². The van der Waals surface area contributed by atoms with Crippen molar-refractivity contribution in [1.82, 2.24) is 9.80 Å². The number of carbonyl (C=O) groups excluding carboxylic acids is 3.